The number of aromatic nitrogens is 2. The zero-order valence-corrected chi connectivity index (χ0v) is 18.5. The van der Waals surface area contributed by atoms with Crippen LogP contribution in [-0.4, -0.2) is 15.9 Å². The molecule has 0 unspecified atom stereocenters. The van der Waals surface area contributed by atoms with Crippen LogP contribution >= 0.6 is 0 Å². The van der Waals surface area contributed by atoms with Crippen molar-refractivity contribution in [2.24, 2.45) is 0 Å². The van der Waals surface area contributed by atoms with Gasteiger partial charge in [0.05, 0.1) is 6.04 Å². The number of nitrogens with zero attached hydrogens (tertiary/aromatic N) is 2. The molecule has 33 heavy (non-hydrogen) atoms. The Kier molecular flexibility index (Phi) is 5.85. The molecule has 0 spiro atoms. The number of carbonyl (C=O) groups excluding carboxylic acids is 1. The highest BCUT2D eigenvalue weighted by Gasteiger charge is 2.21. The van der Waals surface area contributed by atoms with Crippen molar-refractivity contribution < 1.29 is 9.53 Å². The maximum atomic E-state index is 12.8. The summed E-state index contributed by atoms with van der Waals surface area (Å²) in [6, 6.07) is 25.3. The average Bonchev–Trinajstić information content (AvgIpc) is 2.85. The van der Waals surface area contributed by atoms with Gasteiger partial charge in [0.1, 0.15) is 5.75 Å². The van der Waals surface area contributed by atoms with Gasteiger partial charge < -0.3 is 10.1 Å². The number of hydrogen-bond donors (Lipinski definition) is 1. The summed E-state index contributed by atoms with van der Waals surface area (Å²) in [5, 5.41) is 3.19. The van der Waals surface area contributed by atoms with Crippen molar-refractivity contribution in [3.63, 3.8) is 0 Å². The van der Waals surface area contributed by atoms with E-state index in [0.717, 1.165) is 24.8 Å². The monoisotopic (exact) mass is 435 g/mol. The molecule has 0 saturated carbocycles. The second-order valence-corrected chi connectivity index (χ2v) is 8.33. The Balaban J connectivity index is 1.26. The Morgan fingerprint density at radius 3 is 2.58 bits per heavy atom. The summed E-state index contributed by atoms with van der Waals surface area (Å²) in [6.45, 7) is 2.04. The Morgan fingerprint density at radius 2 is 1.76 bits per heavy atom. The lowest BCUT2D eigenvalue weighted by Crippen LogP contribution is -2.30. The van der Waals surface area contributed by atoms with E-state index in [4.69, 9.17) is 4.74 Å². The minimum atomic E-state index is -0.0769. The molecule has 1 aliphatic rings. The first-order valence-corrected chi connectivity index (χ1v) is 11.2. The highest BCUT2D eigenvalue weighted by molar-refractivity contribution is 5.94. The van der Waals surface area contributed by atoms with Crippen molar-refractivity contribution >= 4 is 5.91 Å². The van der Waals surface area contributed by atoms with Crippen molar-refractivity contribution in [1.82, 2.24) is 15.3 Å². The molecule has 5 rings (SSSR count). The van der Waals surface area contributed by atoms with E-state index in [-0.39, 0.29) is 11.9 Å². The molecule has 1 heterocycles. The van der Waals surface area contributed by atoms with Gasteiger partial charge in [0.2, 0.25) is 5.88 Å². The van der Waals surface area contributed by atoms with Gasteiger partial charge in [-0.15, -0.1) is 0 Å². The van der Waals surface area contributed by atoms with Crippen LogP contribution in [0.2, 0.25) is 0 Å². The van der Waals surface area contributed by atoms with Gasteiger partial charge in [-0.05, 0) is 61.6 Å². The fourth-order valence-corrected chi connectivity index (χ4v) is 4.18. The largest absolute Gasteiger partial charge is 0.439 e. The summed E-state index contributed by atoms with van der Waals surface area (Å²) in [5.41, 5.74) is 5.27. The van der Waals surface area contributed by atoms with Gasteiger partial charge in [-0.3, -0.25) is 4.79 Å². The average molecular weight is 436 g/mol. The molecule has 0 saturated heterocycles. The Labute approximate surface area is 193 Å². The fourth-order valence-electron chi connectivity index (χ4n) is 4.18. The first-order valence-electron chi connectivity index (χ1n) is 11.2. The van der Waals surface area contributed by atoms with Gasteiger partial charge in [-0.2, -0.15) is 4.98 Å². The molecule has 0 bridgehead atoms. The second-order valence-electron chi connectivity index (χ2n) is 8.33. The lowest BCUT2D eigenvalue weighted by molar-refractivity contribution is 0.0932. The van der Waals surface area contributed by atoms with Crippen LogP contribution in [0.15, 0.2) is 85.1 Å². The molecule has 3 aromatic carbocycles. The molecule has 0 fully saturated rings. The standard InChI is InChI=1S/C28H25N3O2/c1-19-9-11-21(12-10-19)27-29-18-17-26(31-27)33-23-15-13-22(14-16-23)28(32)30-25-8-4-6-20-5-2-3-7-24(20)25/h2-3,5,7,9-18,25H,4,6,8H2,1H3,(H,30,32)/t25-/m0/s1. The van der Waals surface area contributed by atoms with E-state index >= 15 is 0 Å². The van der Waals surface area contributed by atoms with Crippen molar-refractivity contribution in [3.8, 4) is 23.0 Å². The van der Waals surface area contributed by atoms with Gasteiger partial charge in [0.15, 0.2) is 5.82 Å². The molecular formula is C28H25N3O2. The van der Waals surface area contributed by atoms with E-state index in [1.807, 2.05) is 37.3 Å². The molecular weight excluding hydrogens is 410 g/mol. The van der Waals surface area contributed by atoms with E-state index in [9.17, 15) is 4.79 Å². The van der Waals surface area contributed by atoms with Gasteiger partial charge in [0.25, 0.3) is 5.91 Å². The van der Waals surface area contributed by atoms with Crippen LogP contribution in [0, 0.1) is 6.92 Å². The minimum Gasteiger partial charge on any atom is -0.439 e. The zero-order valence-electron chi connectivity index (χ0n) is 18.5. The summed E-state index contributed by atoms with van der Waals surface area (Å²) in [6.07, 6.45) is 4.80. The topological polar surface area (TPSA) is 64.1 Å². The smallest absolute Gasteiger partial charge is 0.251 e. The van der Waals surface area contributed by atoms with E-state index in [2.05, 4.69) is 33.5 Å². The summed E-state index contributed by atoms with van der Waals surface area (Å²) in [7, 11) is 0. The Hall–Kier alpha value is -3.99. The summed E-state index contributed by atoms with van der Waals surface area (Å²) in [5.74, 6) is 1.60. The third kappa shape index (κ3) is 4.77. The van der Waals surface area contributed by atoms with Crippen LogP contribution in [0.3, 0.4) is 0 Å². The third-order valence-electron chi connectivity index (χ3n) is 5.95. The predicted octanol–water partition coefficient (Wildman–Crippen LogP) is 6.05. The fraction of sp³-hybridized carbons (Fsp3) is 0.179. The molecule has 164 valence electrons. The number of carbonyl (C=O) groups is 1. The van der Waals surface area contributed by atoms with Gasteiger partial charge in [0, 0.05) is 23.4 Å². The maximum absolute atomic E-state index is 12.8. The van der Waals surface area contributed by atoms with Crippen molar-refractivity contribution in [2.75, 3.05) is 0 Å². The quantitative estimate of drug-likeness (QED) is 0.414. The SMILES string of the molecule is Cc1ccc(-c2nccc(Oc3ccc(C(=O)N[C@H]4CCCc5ccccc54)cc3)n2)cc1. The Bertz CT molecular complexity index is 1270. The maximum Gasteiger partial charge on any atom is 0.251 e. The molecule has 1 aliphatic carbocycles. The number of amides is 1. The molecule has 1 amide bonds. The van der Waals surface area contributed by atoms with E-state index in [1.54, 1.807) is 36.5 Å². The molecule has 5 heteroatoms. The van der Waals surface area contributed by atoms with E-state index in [0.29, 0.717) is 23.0 Å². The number of ether oxygens (including phenoxy) is 1. The van der Waals surface area contributed by atoms with Crippen LogP contribution in [0.5, 0.6) is 11.6 Å². The first-order chi connectivity index (χ1) is 16.2. The first kappa shape index (κ1) is 20.9. The van der Waals surface area contributed by atoms with E-state index < -0.39 is 0 Å². The van der Waals surface area contributed by atoms with Crippen LogP contribution in [-0.2, 0) is 6.42 Å². The summed E-state index contributed by atoms with van der Waals surface area (Å²) in [4.78, 5) is 21.7. The Morgan fingerprint density at radius 1 is 0.970 bits per heavy atom. The molecule has 1 aromatic heterocycles. The van der Waals surface area contributed by atoms with Crippen molar-refractivity contribution in [3.05, 3.63) is 107 Å². The number of aryl methyl sites for hydroxylation is 2. The zero-order chi connectivity index (χ0) is 22.6. The molecule has 1 N–H and O–H groups in total. The van der Waals surface area contributed by atoms with Gasteiger partial charge >= 0.3 is 0 Å². The predicted molar refractivity (Wildman–Crippen MR) is 128 cm³/mol. The summed E-state index contributed by atoms with van der Waals surface area (Å²) < 4.78 is 5.91. The minimum absolute atomic E-state index is 0.0552. The lowest BCUT2D eigenvalue weighted by atomic mass is 9.87. The number of rotatable bonds is 5. The number of benzene rings is 3. The van der Waals surface area contributed by atoms with Crippen LogP contribution in [0.1, 0.15) is 45.9 Å². The van der Waals surface area contributed by atoms with Crippen molar-refractivity contribution in [2.45, 2.75) is 32.2 Å². The van der Waals surface area contributed by atoms with Gasteiger partial charge in [-0.1, -0.05) is 54.1 Å². The van der Waals surface area contributed by atoms with E-state index in [1.165, 1.54) is 16.7 Å². The highest BCUT2D eigenvalue weighted by Crippen LogP contribution is 2.30. The van der Waals surface area contributed by atoms with Gasteiger partial charge in [-0.25, -0.2) is 4.98 Å². The normalized spacial score (nSPS) is 14.9. The summed E-state index contributed by atoms with van der Waals surface area (Å²) >= 11 is 0. The molecule has 0 aliphatic heterocycles. The van der Waals surface area contributed by atoms with Crippen LogP contribution in [0.25, 0.3) is 11.4 Å². The second kappa shape index (κ2) is 9.25. The molecule has 5 nitrogen and oxygen atoms in total. The number of fused-ring (bicyclic) bond motifs is 1. The number of hydrogen-bond acceptors (Lipinski definition) is 4. The molecule has 1 atom stereocenters. The van der Waals surface area contributed by atoms with Crippen LogP contribution in [0.4, 0.5) is 0 Å². The lowest BCUT2D eigenvalue weighted by Gasteiger charge is -2.26. The molecule has 4 aromatic rings. The number of nitrogens with one attached hydrogen (secondary N) is 1. The van der Waals surface area contributed by atoms with Crippen LogP contribution < -0.4 is 10.1 Å². The highest BCUT2D eigenvalue weighted by atomic mass is 16.5. The molecule has 0 radical (unpaired) electrons. The third-order valence-corrected chi connectivity index (χ3v) is 5.95. The van der Waals surface area contributed by atoms with Crippen molar-refractivity contribution in [1.29, 1.82) is 0 Å².